The van der Waals surface area contributed by atoms with E-state index in [-0.39, 0.29) is 0 Å². The first-order chi connectivity index (χ1) is 21.8. The number of hydrogen-bond acceptors (Lipinski definition) is 1. The number of aromatic nitrogens is 1. The second-order valence-electron chi connectivity index (χ2n) is 11.4. The first kappa shape index (κ1) is 25.1. The molecule has 0 aliphatic rings. The van der Waals surface area contributed by atoms with Crippen LogP contribution in [0.1, 0.15) is 0 Å². The summed E-state index contributed by atoms with van der Waals surface area (Å²) in [6.07, 6.45) is 0. The maximum atomic E-state index is 2.41. The lowest BCUT2D eigenvalue weighted by molar-refractivity contribution is 1.18. The molecular weight excluding hydrogens is 551 g/mol. The summed E-state index contributed by atoms with van der Waals surface area (Å²) in [6, 6.07) is 59.8. The molecule has 0 N–H and O–H groups in total. The van der Waals surface area contributed by atoms with Gasteiger partial charge in [0.25, 0.3) is 0 Å². The van der Waals surface area contributed by atoms with Crippen molar-refractivity contribution in [3.8, 4) is 39.1 Å². The lowest BCUT2D eigenvalue weighted by atomic mass is 9.96. The minimum absolute atomic E-state index is 1.16. The van der Waals surface area contributed by atoms with Gasteiger partial charge in [-0.25, -0.2) is 0 Å². The zero-order chi connectivity index (χ0) is 29.0. The summed E-state index contributed by atoms with van der Waals surface area (Å²) in [5.41, 5.74) is 10.9. The standard InChI is InChI=1S/C42H27NS/c1-2-10-28(11-3-1)32-24-33(26-34(25-32)43-39-15-7-4-12-35(39)36-13-5-8-16-40(36)43)30-20-18-29(19-21-30)31-22-23-42-38(27-31)37-14-6-9-17-41(37)44-42/h1-27H. The van der Waals surface area contributed by atoms with E-state index >= 15 is 0 Å². The molecule has 2 aromatic heterocycles. The smallest absolute Gasteiger partial charge is 0.0541 e. The van der Waals surface area contributed by atoms with Gasteiger partial charge in [0.1, 0.15) is 0 Å². The molecule has 2 heterocycles. The molecule has 0 amide bonds. The molecule has 0 aliphatic carbocycles. The SMILES string of the molecule is c1ccc(-c2cc(-c3ccc(-c4ccc5sc6ccccc6c5c4)cc3)cc(-n3c4ccccc4c4ccccc43)c2)cc1. The third kappa shape index (κ3) is 4.07. The van der Waals surface area contributed by atoms with Crippen LogP contribution in [0.3, 0.4) is 0 Å². The highest BCUT2D eigenvalue weighted by molar-refractivity contribution is 7.25. The van der Waals surface area contributed by atoms with Crippen molar-refractivity contribution in [3.05, 3.63) is 164 Å². The van der Waals surface area contributed by atoms with Gasteiger partial charge in [0.05, 0.1) is 11.0 Å². The average molecular weight is 578 g/mol. The molecule has 0 spiro atoms. The fourth-order valence-corrected chi connectivity index (χ4v) is 7.75. The van der Waals surface area contributed by atoms with Crippen LogP contribution in [0.5, 0.6) is 0 Å². The first-order valence-electron chi connectivity index (χ1n) is 15.0. The van der Waals surface area contributed by atoms with Gasteiger partial charge in [-0.15, -0.1) is 11.3 Å². The van der Waals surface area contributed by atoms with Gasteiger partial charge in [-0.2, -0.15) is 0 Å². The molecule has 0 aliphatic heterocycles. The normalized spacial score (nSPS) is 11.6. The Hall–Kier alpha value is -5.44. The number of nitrogens with zero attached hydrogens (tertiary/aromatic N) is 1. The van der Waals surface area contributed by atoms with Crippen molar-refractivity contribution >= 4 is 53.3 Å². The van der Waals surface area contributed by atoms with Gasteiger partial charge in [0.2, 0.25) is 0 Å². The predicted molar refractivity (Wildman–Crippen MR) is 190 cm³/mol. The fraction of sp³-hybridized carbons (Fsp3) is 0. The summed E-state index contributed by atoms with van der Waals surface area (Å²) in [6.45, 7) is 0. The van der Waals surface area contributed by atoms with E-state index in [1.165, 1.54) is 75.4 Å². The lowest BCUT2D eigenvalue weighted by Crippen LogP contribution is -1.96. The zero-order valence-corrected chi connectivity index (χ0v) is 24.8. The van der Waals surface area contributed by atoms with Gasteiger partial charge >= 0.3 is 0 Å². The van der Waals surface area contributed by atoms with Crippen molar-refractivity contribution in [1.82, 2.24) is 4.57 Å². The molecule has 0 fully saturated rings. The molecule has 0 saturated heterocycles. The highest BCUT2D eigenvalue weighted by atomic mass is 32.1. The molecule has 0 unspecified atom stereocenters. The molecule has 44 heavy (non-hydrogen) atoms. The summed E-state index contributed by atoms with van der Waals surface area (Å²) in [5.74, 6) is 0. The number of fused-ring (bicyclic) bond motifs is 6. The van der Waals surface area contributed by atoms with E-state index in [0.29, 0.717) is 0 Å². The van der Waals surface area contributed by atoms with Gasteiger partial charge in [0.15, 0.2) is 0 Å². The summed E-state index contributed by atoms with van der Waals surface area (Å²) in [7, 11) is 0. The Morgan fingerprint density at radius 2 is 0.818 bits per heavy atom. The molecule has 2 heteroatoms. The molecule has 9 aromatic rings. The second-order valence-corrected chi connectivity index (χ2v) is 12.5. The Bertz CT molecular complexity index is 2430. The van der Waals surface area contributed by atoms with Gasteiger partial charge in [-0.1, -0.05) is 115 Å². The zero-order valence-electron chi connectivity index (χ0n) is 23.9. The molecule has 0 saturated carbocycles. The van der Waals surface area contributed by atoms with Crippen LogP contribution >= 0.6 is 11.3 Å². The summed E-state index contributed by atoms with van der Waals surface area (Å²) in [5, 5.41) is 5.21. The number of thiophene rings is 1. The fourth-order valence-electron chi connectivity index (χ4n) is 6.67. The predicted octanol–water partition coefficient (Wildman–Crippen LogP) is 12.2. The molecule has 206 valence electrons. The first-order valence-corrected chi connectivity index (χ1v) is 15.8. The van der Waals surface area contributed by atoms with E-state index in [0.717, 1.165) is 5.69 Å². The van der Waals surface area contributed by atoms with Crippen LogP contribution in [-0.4, -0.2) is 4.57 Å². The largest absolute Gasteiger partial charge is 0.309 e. The maximum Gasteiger partial charge on any atom is 0.0541 e. The Morgan fingerprint density at radius 1 is 0.318 bits per heavy atom. The Balaban J connectivity index is 1.19. The van der Waals surface area contributed by atoms with Crippen molar-refractivity contribution in [2.24, 2.45) is 0 Å². The Labute approximate surface area is 259 Å². The van der Waals surface area contributed by atoms with Crippen LogP contribution in [-0.2, 0) is 0 Å². The van der Waals surface area contributed by atoms with E-state index in [1.807, 2.05) is 11.3 Å². The second kappa shape index (κ2) is 10.1. The highest BCUT2D eigenvalue weighted by Crippen LogP contribution is 2.38. The van der Waals surface area contributed by atoms with Crippen LogP contribution in [0, 0.1) is 0 Å². The van der Waals surface area contributed by atoms with Gasteiger partial charge in [-0.3, -0.25) is 0 Å². The van der Waals surface area contributed by atoms with Crippen molar-refractivity contribution in [2.45, 2.75) is 0 Å². The molecule has 0 atom stereocenters. The van der Waals surface area contributed by atoms with Crippen LogP contribution < -0.4 is 0 Å². The number of rotatable bonds is 4. The van der Waals surface area contributed by atoms with Crippen molar-refractivity contribution in [3.63, 3.8) is 0 Å². The number of benzene rings is 7. The van der Waals surface area contributed by atoms with Gasteiger partial charge in [-0.05, 0) is 81.9 Å². The molecule has 9 rings (SSSR count). The lowest BCUT2D eigenvalue weighted by Gasteiger charge is -2.14. The summed E-state index contributed by atoms with van der Waals surface area (Å²) >= 11 is 1.86. The van der Waals surface area contributed by atoms with Crippen LogP contribution in [0.15, 0.2) is 164 Å². The molecule has 0 radical (unpaired) electrons. The third-order valence-electron chi connectivity index (χ3n) is 8.79. The quantitative estimate of drug-likeness (QED) is 0.196. The Morgan fingerprint density at radius 3 is 1.50 bits per heavy atom. The van der Waals surface area contributed by atoms with Crippen LogP contribution in [0.4, 0.5) is 0 Å². The minimum Gasteiger partial charge on any atom is -0.309 e. The molecular formula is C42H27NS. The topological polar surface area (TPSA) is 4.93 Å². The van der Waals surface area contributed by atoms with E-state index in [1.54, 1.807) is 0 Å². The average Bonchev–Trinajstić information content (AvgIpc) is 3.64. The molecule has 7 aromatic carbocycles. The van der Waals surface area contributed by atoms with E-state index < -0.39 is 0 Å². The minimum atomic E-state index is 1.16. The van der Waals surface area contributed by atoms with Crippen molar-refractivity contribution < 1.29 is 0 Å². The van der Waals surface area contributed by atoms with Crippen molar-refractivity contribution in [1.29, 1.82) is 0 Å². The van der Waals surface area contributed by atoms with E-state index in [9.17, 15) is 0 Å². The number of para-hydroxylation sites is 2. The van der Waals surface area contributed by atoms with Crippen molar-refractivity contribution in [2.75, 3.05) is 0 Å². The third-order valence-corrected chi connectivity index (χ3v) is 9.94. The van der Waals surface area contributed by atoms with Gasteiger partial charge in [0, 0.05) is 36.6 Å². The summed E-state index contributed by atoms with van der Waals surface area (Å²) < 4.78 is 5.09. The molecule has 1 nitrogen and oxygen atoms in total. The highest BCUT2D eigenvalue weighted by Gasteiger charge is 2.14. The maximum absolute atomic E-state index is 2.41. The van der Waals surface area contributed by atoms with Crippen LogP contribution in [0.2, 0.25) is 0 Å². The Kier molecular flexibility index (Phi) is 5.75. The van der Waals surface area contributed by atoms with Crippen LogP contribution in [0.25, 0.3) is 81.0 Å². The van der Waals surface area contributed by atoms with E-state index in [2.05, 4.69) is 168 Å². The number of hydrogen-bond donors (Lipinski definition) is 0. The van der Waals surface area contributed by atoms with E-state index in [4.69, 9.17) is 0 Å². The van der Waals surface area contributed by atoms with Gasteiger partial charge < -0.3 is 4.57 Å². The summed E-state index contributed by atoms with van der Waals surface area (Å²) in [4.78, 5) is 0. The molecule has 0 bridgehead atoms. The monoisotopic (exact) mass is 577 g/mol.